The van der Waals surface area contributed by atoms with Crippen LogP contribution >= 0.6 is 0 Å². The summed E-state index contributed by atoms with van der Waals surface area (Å²) in [7, 11) is -3.10. The van der Waals surface area contributed by atoms with Crippen LogP contribution in [-0.4, -0.2) is 60.0 Å². The highest BCUT2D eigenvalue weighted by atomic mass is 32.2. The predicted octanol–water partition coefficient (Wildman–Crippen LogP) is 2.41. The summed E-state index contributed by atoms with van der Waals surface area (Å²) < 4.78 is 31.2. The summed E-state index contributed by atoms with van der Waals surface area (Å²) in [4.78, 5) is 27.0. The Morgan fingerprint density at radius 1 is 1.29 bits per heavy atom. The van der Waals surface area contributed by atoms with E-state index in [2.05, 4.69) is 4.57 Å². The Balaban J connectivity index is 1.67. The summed E-state index contributed by atoms with van der Waals surface area (Å²) in [5, 5.41) is 0. The second-order valence-corrected chi connectivity index (χ2v) is 10.3. The number of aryl methyl sites for hydroxylation is 1. The van der Waals surface area contributed by atoms with Crippen LogP contribution in [0.25, 0.3) is 0 Å². The minimum atomic E-state index is -3.10. The summed E-state index contributed by atoms with van der Waals surface area (Å²) in [6, 6.07) is 1.83. The van der Waals surface area contributed by atoms with E-state index in [0.717, 1.165) is 24.2 Å². The van der Waals surface area contributed by atoms with E-state index < -0.39 is 15.8 Å². The van der Waals surface area contributed by atoms with Gasteiger partial charge in [-0.3, -0.25) is 4.79 Å². The Kier molecular flexibility index (Phi) is 5.89. The van der Waals surface area contributed by atoms with Gasteiger partial charge in [-0.05, 0) is 52.5 Å². The second kappa shape index (κ2) is 7.89. The highest BCUT2D eigenvalue weighted by Gasteiger charge is 2.37. The number of carbonyl (C=O) groups excluding carboxylic acids is 2. The normalized spacial score (nSPS) is 22.1. The zero-order chi connectivity index (χ0) is 20.6. The minimum Gasteiger partial charge on any atom is -0.452 e. The van der Waals surface area contributed by atoms with Gasteiger partial charge in [-0.15, -0.1) is 0 Å². The van der Waals surface area contributed by atoms with Gasteiger partial charge >= 0.3 is 5.97 Å². The molecule has 2 atom stereocenters. The van der Waals surface area contributed by atoms with Gasteiger partial charge in [0.1, 0.15) is 0 Å². The zero-order valence-corrected chi connectivity index (χ0v) is 17.9. The van der Waals surface area contributed by atoms with Gasteiger partial charge in [-0.2, -0.15) is 0 Å². The van der Waals surface area contributed by atoms with E-state index in [9.17, 15) is 18.0 Å². The third kappa shape index (κ3) is 4.26. The van der Waals surface area contributed by atoms with Crippen molar-refractivity contribution in [2.75, 3.05) is 18.1 Å². The van der Waals surface area contributed by atoms with Crippen molar-refractivity contribution in [3.63, 3.8) is 0 Å². The predicted molar refractivity (Wildman–Crippen MR) is 106 cm³/mol. The molecule has 8 heteroatoms. The first kappa shape index (κ1) is 20.9. The molecule has 0 unspecified atom stereocenters. The second-order valence-electron chi connectivity index (χ2n) is 8.08. The Labute approximate surface area is 166 Å². The van der Waals surface area contributed by atoms with Crippen LogP contribution < -0.4 is 0 Å². The summed E-state index contributed by atoms with van der Waals surface area (Å²) in [5.74, 6) is -0.748. The maximum atomic E-state index is 12.8. The van der Waals surface area contributed by atoms with Gasteiger partial charge in [0.2, 0.25) is 0 Å². The van der Waals surface area contributed by atoms with E-state index in [0.29, 0.717) is 24.4 Å². The molecule has 28 heavy (non-hydrogen) atoms. The number of esters is 1. The molecule has 3 rings (SSSR count). The SMILES string of the molecule is CC[C@H](C)N(C(=O)COC(=O)c1cc(C)n(C2CC2)c1C)[C@H]1CCS(=O)(=O)C1. The van der Waals surface area contributed by atoms with Crippen molar-refractivity contribution in [2.45, 2.75) is 71.5 Å². The van der Waals surface area contributed by atoms with Crippen molar-refractivity contribution in [1.82, 2.24) is 9.47 Å². The fraction of sp³-hybridized carbons (Fsp3) is 0.700. The summed E-state index contributed by atoms with van der Waals surface area (Å²) in [5.41, 5.74) is 2.39. The zero-order valence-electron chi connectivity index (χ0n) is 17.1. The lowest BCUT2D eigenvalue weighted by atomic mass is 10.1. The first-order valence-electron chi connectivity index (χ1n) is 10.0. The van der Waals surface area contributed by atoms with Crippen molar-refractivity contribution >= 4 is 21.7 Å². The minimum absolute atomic E-state index is 0.0143. The van der Waals surface area contributed by atoms with Crippen molar-refractivity contribution in [2.24, 2.45) is 0 Å². The average molecular weight is 411 g/mol. The van der Waals surface area contributed by atoms with Crippen LogP contribution in [0, 0.1) is 13.8 Å². The molecule has 1 amide bonds. The summed E-state index contributed by atoms with van der Waals surface area (Å²) >= 11 is 0. The quantitative estimate of drug-likeness (QED) is 0.645. The molecule has 0 N–H and O–H groups in total. The molecule has 1 saturated carbocycles. The number of rotatable bonds is 7. The highest BCUT2D eigenvalue weighted by molar-refractivity contribution is 7.91. The van der Waals surface area contributed by atoms with Gasteiger partial charge in [0.15, 0.2) is 16.4 Å². The van der Waals surface area contributed by atoms with Gasteiger partial charge < -0.3 is 14.2 Å². The standard InChI is InChI=1S/C20H30N2O5S/c1-5-13(2)22(17-8-9-28(25,26)12-17)19(23)11-27-20(24)18-10-14(3)21(15(18)4)16-6-7-16/h10,13,16-17H,5-9,11-12H2,1-4H3/t13-,17-/m0/s1. The molecule has 156 valence electrons. The third-order valence-electron chi connectivity index (χ3n) is 5.90. The molecule has 1 aromatic rings. The van der Waals surface area contributed by atoms with E-state index in [1.165, 1.54) is 0 Å². The van der Waals surface area contributed by atoms with Crippen LogP contribution in [0.3, 0.4) is 0 Å². The smallest absolute Gasteiger partial charge is 0.340 e. The number of hydrogen-bond acceptors (Lipinski definition) is 5. The fourth-order valence-corrected chi connectivity index (χ4v) is 5.87. The monoisotopic (exact) mass is 410 g/mol. The molecule has 7 nitrogen and oxygen atoms in total. The van der Waals surface area contributed by atoms with Crippen molar-refractivity contribution in [3.05, 3.63) is 23.0 Å². The maximum absolute atomic E-state index is 12.8. The maximum Gasteiger partial charge on any atom is 0.340 e. The molecule has 2 heterocycles. The van der Waals surface area contributed by atoms with Crippen LogP contribution in [0.15, 0.2) is 6.07 Å². The molecule has 1 aliphatic carbocycles. The number of aromatic nitrogens is 1. The van der Waals surface area contributed by atoms with Gasteiger partial charge in [0.05, 0.1) is 17.1 Å². The number of carbonyl (C=O) groups is 2. The highest BCUT2D eigenvalue weighted by Crippen LogP contribution is 2.38. The van der Waals surface area contributed by atoms with Crippen molar-refractivity contribution < 1.29 is 22.7 Å². The van der Waals surface area contributed by atoms with E-state index in [1.807, 2.05) is 33.8 Å². The number of ether oxygens (including phenoxy) is 1. The van der Waals surface area contributed by atoms with Crippen LogP contribution in [0.5, 0.6) is 0 Å². The molecule has 0 aromatic carbocycles. The van der Waals surface area contributed by atoms with E-state index in [-0.39, 0.29) is 36.1 Å². The molecule has 2 aliphatic rings. The Hall–Kier alpha value is -1.83. The Bertz CT molecular complexity index is 869. The van der Waals surface area contributed by atoms with Crippen LogP contribution in [0.2, 0.25) is 0 Å². The largest absolute Gasteiger partial charge is 0.452 e. The third-order valence-corrected chi connectivity index (χ3v) is 7.65. The van der Waals surface area contributed by atoms with Gasteiger partial charge in [0, 0.05) is 29.5 Å². The topological polar surface area (TPSA) is 85.7 Å². The summed E-state index contributed by atoms with van der Waals surface area (Å²) in [6.45, 7) is 7.35. The van der Waals surface area contributed by atoms with Crippen molar-refractivity contribution in [1.29, 1.82) is 0 Å². The number of amides is 1. The molecule has 0 bridgehead atoms. The Morgan fingerprint density at radius 3 is 2.50 bits per heavy atom. The van der Waals surface area contributed by atoms with Crippen LogP contribution in [0.1, 0.15) is 67.3 Å². The lowest BCUT2D eigenvalue weighted by molar-refractivity contribution is -0.138. The molecule has 1 aliphatic heterocycles. The lowest BCUT2D eigenvalue weighted by Gasteiger charge is -2.33. The fourth-order valence-electron chi connectivity index (χ4n) is 4.16. The average Bonchev–Trinajstić information content (AvgIpc) is 3.33. The molecular formula is C20H30N2O5S. The van der Waals surface area contributed by atoms with Crippen LogP contribution in [0.4, 0.5) is 0 Å². The molecule has 1 saturated heterocycles. The lowest BCUT2D eigenvalue weighted by Crippen LogP contribution is -2.48. The summed E-state index contributed by atoms with van der Waals surface area (Å²) in [6.07, 6.45) is 3.39. The first-order valence-corrected chi connectivity index (χ1v) is 11.8. The van der Waals surface area contributed by atoms with E-state index >= 15 is 0 Å². The van der Waals surface area contributed by atoms with Gasteiger partial charge in [-0.25, -0.2) is 13.2 Å². The number of nitrogens with zero attached hydrogens (tertiary/aromatic N) is 2. The molecule has 1 aromatic heterocycles. The number of hydrogen-bond donors (Lipinski definition) is 0. The van der Waals surface area contributed by atoms with E-state index in [1.54, 1.807) is 4.90 Å². The van der Waals surface area contributed by atoms with Crippen molar-refractivity contribution in [3.8, 4) is 0 Å². The Morgan fingerprint density at radius 2 is 1.96 bits per heavy atom. The van der Waals surface area contributed by atoms with Crippen LogP contribution in [-0.2, 0) is 19.4 Å². The van der Waals surface area contributed by atoms with Gasteiger partial charge in [-0.1, -0.05) is 6.92 Å². The van der Waals surface area contributed by atoms with E-state index in [4.69, 9.17) is 4.74 Å². The molecule has 0 radical (unpaired) electrons. The first-order chi connectivity index (χ1) is 13.1. The molecule has 2 fully saturated rings. The van der Waals surface area contributed by atoms with Gasteiger partial charge in [0.25, 0.3) is 5.91 Å². The molecular weight excluding hydrogens is 380 g/mol. The number of sulfone groups is 1. The molecule has 0 spiro atoms.